The van der Waals surface area contributed by atoms with Gasteiger partial charge in [0.2, 0.25) is 0 Å². The molecule has 1 atom stereocenters. The van der Waals surface area contributed by atoms with E-state index in [4.69, 9.17) is 4.74 Å². The van der Waals surface area contributed by atoms with Crippen molar-refractivity contribution in [1.82, 2.24) is 5.32 Å². The first-order chi connectivity index (χ1) is 10.1. The van der Waals surface area contributed by atoms with Crippen LogP contribution in [0, 0.1) is 12.8 Å². The minimum absolute atomic E-state index is 0.548. The van der Waals surface area contributed by atoms with Crippen molar-refractivity contribution in [3.05, 3.63) is 35.4 Å². The molecule has 1 rings (SSSR count). The van der Waals surface area contributed by atoms with Gasteiger partial charge in [0.15, 0.2) is 0 Å². The minimum Gasteiger partial charge on any atom is -0.381 e. The Morgan fingerprint density at radius 1 is 1.10 bits per heavy atom. The van der Waals surface area contributed by atoms with Crippen molar-refractivity contribution >= 4 is 0 Å². The summed E-state index contributed by atoms with van der Waals surface area (Å²) in [5.41, 5.74) is 2.77. The van der Waals surface area contributed by atoms with E-state index >= 15 is 0 Å². The second kappa shape index (κ2) is 10.8. The molecule has 0 aliphatic carbocycles. The fourth-order valence-electron chi connectivity index (χ4n) is 2.33. The number of hydrogen-bond acceptors (Lipinski definition) is 2. The summed E-state index contributed by atoms with van der Waals surface area (Å²) in [5, 5.41) is 3.57. The molecule has 0 aliphatic heterocycles. The van der Waals surface area contributed by atoms with E-state index in [1.807, 2.05) is 0 Å². The monoisotopic (exact) mass is 291 g/mol. The molecule has 21 heavy (non-hydrogen) atoms. The molecule has 1 aromatic carbocycles. The highest BCUT2D eigenvalue weighted by atomic mass is 16.5. The van der Waals surface area contributed by atoms with Crippen LogP contribution in [0.4, 0.5) is 0 Å². The van der Waals surface area contributed by atoms with Crippen LogP contribution < -0.4 is 5.32 Å². The third-order valence-electron chi connectivity index (χ3n) is 3.77. The van der Waals surface area contributed by atoms with Gasteiger partial charge in [0.1, 0.15) is 0 Å². The Kier molecular flexibility index (Phi) is 9.36. The first-order valence-electron chi connectivity index (χ1n) is 8.48. The lowest BCUT2D eigenvalue weighted by atomic mass is 9.95. The summed E-state index contributed by atoms with van der Waals surface area (Å²) in [6.45, 7) is 11.6. The van der Waals surface area contributed by atoms with Crippen molar-refractivity contribution in [1.29, 1.82) is 0 Å². The number of nitrogens with one attached hydrogen (secondary N) is 1. The highest BCUT2D eigenvalue weighted by Gasteiger charge is 2.10. The van der Waals surface area contributed by atoms with Crippen LogP contribution >= 0.6 is 0 Å². The number of rotatable bonds is 11. The second-order valence-corrected chi connectivity index (χ2v) is 6.37. The Labute approximate surface area is 131 Å². The molecule has 0 saturated carbocycles. The maximum atomic E-state index is 5.74. The standard InChI is InChI=1S/C19H33NO/c1-5-6-12-21-13-11-19(15-20-16(2)3)14-18-9-7-17(4)8-10-18/h7-10,16,19-20H,5-6,11-15H2,1-4H3. The fourth-order valence-corrected chi connectivity index (χ4v) is 2.33. The topological polar surface area (TPSA) is 21.3 Å². The molecule has 0 saturated heterocycles. The van der Waals surface area contributed by atoms with Crippen LogP contribution in [-0.4, -0.2) is 25.8 Å². The molecule has 0 aliphatic rings. The molecule has 1 unspecified atom stereocenters. The van der Waals surface area contributed by atoms with Crippen molar-refractivity contribution in [2.75, 3.05) is 19.8 Å². The predicted molar refractivity (Wildman–Crippen MR) is 91.9 cm³/mol. The molecular weight excluding hydrogens is 258 g/mol. The lowest BCUT2D eigenvalue weighted by molar-refractivity contribution is 0.116. The molecular formula is C19H33NO. The number of benzene rings is 1. The number of aryl methyl sites for hydroxylation is 1. The summed E-state index contributed by atoms with van der Waals surface area (Å²) in [6, 6.07) is 9.48. The Balaban J connectivity index is 2.41. The van der Waals surface area contributed by atoms with Crippen molar-refractivity contribution in [3.63, 3.8) is 0 Å². The van der Waals surface area contributed by atoms with Gasteiger partial charge in [0, 0.05) is 19.3 Å². The van der Waals surface area contributed by atoms with E-state index < -0.39 is 0 Å². The number of unbranched alkanes of at least 4 members (excludes halogenated alkanes) is 1. The normalized spacial score (nSPS) is 12.8. The van der Waals surface area contributed by atoms with Gasteiger partial charge in [-0.05, 0) is 44.2 Å². The predicted octanol–water partition coefficient (Wildman–Crippen LogP) is 4.36. The zero-order valence-electron chi connectivity index (χ0n) is 14.3. The molecule has 0 heterocycles. The highest BCUT2D eigenvalue weighted by molar-refractivity contribution is 5.21. The fraction of sp³-hybridized carbons (Fsp3) is 0.684. The molecule has 2 nitrogen and oxygen atoms in total. The molecule has 0 fully saturated rings. The van der Waals surface area contributed by atoms with E-state index in [9.17, 15) is 0 Å². The van der Waals surface area contributed by atoms with Crippen LogP contribution in [0.15, 0.2) is 24.3 Å². The van der Waals surface area contributed by atoms with Gasteiger partial charge in [-0.3, -0.25) is 0 Å². The van der Waals surface area contributed by atoms with Crippen molar-refractivity contribution in [3.8, 4) is 0 Å². The van der Waals surface area contributed by atoms with Crippen LogP contribution in [0.5, 0.6) is 0 Å². The minimum atomic E-state index is 0.548. The molecule has 0 radical (unpaired) electrons. The van der Waals surface area contributed by atoms with Gasteiger partial charge >= 0.3 is 0 Å². The number of ether oxygens (including phenoxy) is 1. The maximum Gasteiger partial charge on any atom is 0.0469 e. The molecule has 0 bridgehead atoms. The van der Waals surface area contributed by atoms with E-state index in [1.165, 1.54) is 24.0 Å². The van der Waals surface area contributed by atoms with Gasteiger partial charge in [-0.2, -0.15) is 0 Å². The van der Waals surface area contributed by atoms with Crippen molar-refractivity contribution in [2.24, 2.45) is 5.92 Å². The van der Waals surface area contributed by atoms with Gasteiger partial charge in [-0.25, -0.2) is 0 Å². The van der Waals surface area contributed by atoms with E-state index in [1.54, 1.807) is 0 Å². The Morgan fingerprint density at radius 3 is 2.43 bits per heavy atom. The molecule has 0 spiro atoms. The molecule has 120 valence electrons. The first kappa shape index (κ1) is 18.2. The SMILES string of the molecule is CCCCOCCC(CNC(C)C)Cc1ccc(C)cc1. The maximum absolute atomic E-state index is 5.74. The summed E-state index contributed by atoms with van der Waals surface area (Å²) < 4.78 is 5.74. The smallest absolute Gasteiger partial charge is 0.0469 e. The highest BCUT2D eigenvalue weighted by Crippen LogP contribution is 2.13. The first-order valence-corrected chi connectivity index (χ1v) is 8.48. The van der Waals surface area contributed by atoms with Crippen LogP contribution in [0.1, 0.15) is 51.2 Å². The average molecular weight is 291 g/mol. The molecule has 0 aromatic heterocycles. The van der Waals surface area contributed by atoms with Crippen molar-refractivity contribution < 1.29 is 4.74 Å². The number of hydrogen-bond donors (Lipinski definition) is 1. The van der Waals surface area contributed by atoms with Gasteiger partial charge in [0.05, 0.1) is 0 Å². The lowest BCUT2D eigenvalue weighted by Gasteiger charge is -2.19. The van der Waals surface area contributed by atoms with Crippen LogP contribution in [-0.2, 0) is 11.2 Å². The summed E-state index contributed by atoms with van der Waals surface area (Å²) in [4.78, 5) is 0. The Hall–Kier alpha value is -0.860. The summed E-state index contributed by atoms with van der Waals surface area (Å²) in [5.74, 6) is 0.650. The van der Waals surface area contributed by atoms with E-state index in [-0.39, 0.29) is 0 Å². The average Bonchev–Trinajstić information content (AvgIpc) is 2.46. The lowest BCUT2D eigenvalue weighted by Crippen LogP contribution is -2.30. The quantitative estimate of drug-likeness (QED) is 0.612. The van der Waals surface area contributed by atoms with Crippen molar-refractivity contribution in [2.45, 2.75) is 59.4 Å². The van der Waals surface area contributed by atoms with E-state index in [0.717, 1.165) is 32.6 Å². The van der Waals surface area contributed by atoms with Crippen LogP contribution in [0.3, 0.4) is 0 Å². The van der Waals surface area contributed by atoms with Gasteiger partial charge in [-0.15, -0.1) is 0 Å². The van der Waals surface area contributed by atoms with Crippen LogP contribution in [0.2, 0.25) is 0 Å². The zero-order chi connectivity index (χ0) is 15.5. The Morgan fingerprint density at radius 2 is 1.81 bits per heavy atom. The molecule has 1 aromatic rings. The second-order valence-electron chi connectivity index (χ2n) is 6.37. The summed E-state index contributed by atoms with van der Waals surface area (Å²) in [7, 11) is 0. The van der Waals surface area contributed by atoms with E-state index in [2.05, 4.69) is 57.3 Å². The van der Waals surface area contributed by atoms with Crippen LogP contribution in [0.25, 0.3) is 0 Å². The van der Waals surface area contributed by atoms with Gasteiger partial charge in [0.25, 0.3) is 0 Å². The Bertz CT molecular complexity index is 358. The molecule has 1 N–H and O–H groups in total. The zero-order valence-corrected chi connectivity index (χ0v) is 14.3. The molecule has 2 heteroatoms. The largest absolute Gasteiger partial charge is 0.381 e. The summed E-state index contributed by atoms with van der Waals surface area (Å²) >= 11 is 0. The third-order valence-corrected chi connectivity index (χ3v) is 3.77. The molecule has 0 amide bonds. The van der Waals surface area contributed by atoms with E-state index in [0.29, 0.717) is 12.0 Å². The third kappa shape index (κ3) is 8.90. The summed E-state index contributed by atoms with van der Waals surface area (Å²) in [6.07, 6.45) is 4.66. The van der Waals surface area contributed by atoms with Gasteiger partial charge in [-0.1, -0.05) is 57.0 Å². The van der Waals surface area contributed by atoms with Gasteiger partial charge < -0.3 is 10.1 Å².